The van der Waals surface area contributed by atoms with E-state index >= 15 is 0 Å². The molecule has 0 spiro atoms. The number of hydrogen-bond acceptors (Lipinski definition) is 4. The van der Waals surface area contributed by atoms with Gasteiger partial charge in [0.05, 0.1) is 12.1 Å². The number of hydrogen-bond donors (Lipinski definition) is 1. The van der Waals surface area contributed by atoms with E-state index in [0.29, 0.717) is 17.2 Å². The number of nitrogens with two attached hydrogens (primary N) is 1. The lowest BCUT2D eigenvalue weighted by molar-refractivity contribution is -0.160. The number of halogens is 3. The summed E-state index contributed by atoms with van der Waals surface area (Å²) in [4.78, 5) is 16.4. The van der Waals surface area contributed by atoms with Crippen LogP contribution in [0.5, 0.6) is 0 Å². The number of thiazole rings is 1. The highest BCUT2D eigenvalue weighted by Gasteiger charge is 2.32. The standard InChI is InChI=1S/C10H14F3N3OS/c1-2-3-16(6-10(11,12)13)8(17)4-7-5-18-9(14)15-7/h5H,2-4,6H2,1H3,(H2,14,15). The van der Waals surface area contributed by atoms with Gasteiger partial charge in [-0.3, -0.25) is 4.79 Å². The Morgan fingerprint density at radius 2 is 2.22 bits per heavy atom. The summed E-state index contributed by atoms with van der Waals surface area (Å²) in [6, 6.07) is 0. The number of carbonyl (C=O) groups excluding carboxylic acids is 1. The fraction of sp³-hybridized carbons (Fsp3) is 0.600. The number of anilines is 1. The average molecular weight is 281 g/mol. The van der Waals surface area contributed by atoms with Crippen LogP contribution in [0.25, 0.3) is 0 Å². The van der Waals surface area contributed by atoms with Gasteiger partial charge in [0.1, 0.15) is 6.54 Å². The molecule has 0 fully saturated rings. The molecule has 0 atom stereocenters. The second kappa shape index (κ2) is 6.03. The van der Waals surface area contributed by atoms with E-state index in [1.165, 1.54) is 0 Å². The van der Waals surface area contributed by atoms with Crippen molar-refractivity contribution in [3.63, 3.8) is 0 Å². The number of carbonyl (C=O) groups is 1. The second-order valence-corrected chi connectivity index (χ2v) is 4.67. The van der Waals surface area contributed by atoms with Gasteiger partial charge in [0.2, 0.25) is 5.91 Å². The minimum Gasteiger partial charge on any atom is -0.375 e. The van der Waals surface area contributed by atoms with Crippen LogP contribution in [0, 0.1) is 0 Å². The topological polar surface area (TPSA) is 59.2 Å². The highest BCUT2D eigenvalue weighted by atomic mass is 32.1. The first-order valence-corrected chi connectivity index (χ1v) is 6.24. The van der Waals surface area contributed by atoms with E-state index in [0.717, 1.165) is 16.2 Å². The van der Waals surface area contributed by atoms with Crippen LogP contribution in [0.1, 0.15) is 19.0 Å². The molecule has 18 heavy (non-hydrogen) atoms. The molecule has 0 saturated heterocycles. The Morgan fingerprint density at radius 1 is 1.56 bits per heavy atom. The highest BCUT2D eigenvalue weighted by Crippen LogP contribution is 2.18. The van der Waals surface area contributed by atoms with Crippen LogP contribution in [0.4, 0.5) is 18.3 Å². The maximum atomic E-state index is 12.3. The largest absolute Gasteiger partial charge is 0.406 e. The Labute approximate surface area is 107 Å². The van der Waals surface area contributed by atoms with Crippen molar-refractivity contribution in [2.24, 2.45) is 0 Å². The molecule has 4 nitrogen and oxygen atoms in total. The number of nitrogen functional groups attached to an aromatic ring is 1. The molecule has 0 saturated carbocycles. The Bertz CT molecular complexity index is 405. The Kier molecular flexibility index (Phi) is 4.94. The molecular weight excluding hydrogens is 267 g/mol. The summed E-state index contributed by atoms with van der Waals surface area (Å²) < 4.78 is 36.9. The first-order valence-electron chi connectivity index (χ1n) is 5.36. The Balaban J connectivity index is 2.64. The van der Waals surface area contributed by atoms with Crippen molar-refractivity contribution in [2.45, 2.75) is 25.9 Å². The smallest absolute Gasteiger partial charge is 0.375 e. The van der Waals surface area contributed by atoms with Crippen LogP contribution < -0.4 is 5.73 Å². The quantitative estimate of drug-likeness (QED) is 0.898. The molecule has 0 aliphatic heterocycles. The molecule has 0 aromatic carbocycles. The van der Waals surface area contributed by atoms with E-state index < -0.39 is 18.6 Å². The van der Waals surface area contributed by atoms with Crippen molar-refractivity contribution in [1.29, 1.82) is 0 Å². The van der Waals surface area contributed by atoms with Crippen LogP contribution in [-0.4, -0.2) is 35.1 Å². The SMILES string of the molecule is CCCN(CC(F)(F)F)C(=O)Cc1csc(N)n1. The van der Waals surface area contributed by atoms with E-state index in [-0.39, 0.29) is 13.0 Å². The molecule has 1 aromatic heterocycles. The van der Waals surface area contributed by atoms with Gasteiger partial charge in [0.15, 0.2) is 5.13 Å². The summed E-state index contributed by atoms with van der Waals surface area (Å²) in [6.07, 6.45) is -4.06. The first-order chi connectivity index (χ1) is 8.31. The van der Waals surface area contributed by atoms with Gasteiger partial charge in [0, 0.05) is 11.9 Å². The molecular formula is C10H14F3N3OS. The van der Waals surface area contributed by atoms with Gasteiger partial charge < -0.3 is 10.6 Å². The second-order valence-electron chi connectivity index (χ2n) is 3.78. The van der Waals surface area contributed by atoms with Crippen molar-refractivity contribution in [3.05, 3.63) is 11.1 Å². The minimum atomic E-state index is -4.38. The third-order valence-electron chi connectivity index (χ3n) is 2.12. The van der Waals surface area contributed by atoms with Crippen molar-refractivity contribution in [2.75, 3.05) is 18.8 Å². The summed E-state index contributed by atoms with van der Waals surface area (Å²) in [7, 11) is 0. The Morgan fingerprint density at radius 3 is 2.67 bits per heavy atom. The monoisotopic (exact) mass is 281 g/mol. The Hall–Kier alpha value is -1.31. The number of aromatic nitrogens is 1. The van der Waals surface area contributed by atoms with Crippen LogP contribution in [0.2, 0.25) is 0 Å². The predicted octanol–water partition coefficient (Wildman–Crippen LogP) is 2.07. The lowest BCUT2D eigenvalue weighted by Gasteiger charge is -2.23. The first kappa shape index (κ1) is 14.7. The molecule has 1 amide bonds. The zero-order valence-electron chi connectivity index (χ0n) is 9.83. The molecule has 0 unspecified atom stereocenters. The van der Waals surface area contributed by atoms with E-state index in [9.17, 15) is 18.0 Å². The van der Waals surface area contributed by atoms with Crippen LogP contribution >= 0.6 is 11.3 Å². The van der Waals surface area contributed by atoms with E-state index in [2.05, 4.69) is 4.98 Å². The van der Waals surface area contributed by atoms with Crippen molar-refractivity contribution in [3.8, 4) is 0 Å². The highest BCUT2D eigenvalue weighted by molar-refractivity contribution is 7.13. The number of amides is 1. The molecule has 1 rings (SSSR count). The number of alkyl halides is 3. The van der Waals surface area contributed by atoms with Gasteiger partial charge in [0.25, 0.3) is 0 Å². The molecule has 1 aromatic rings. The number of nitrogens with zero attached hydrogens (tertiary/aromatic N) is 2. The van der Waals surface area contributed by atoms with E-state index in [1.807, 2.05) is 0 Å². The van der Waals surface area contributed by atoms with Gasteiger partial charge in [-0.05, 0) is 6.42 Å². The van der Waals surface area contributed by atoms with Crippen LogP contribution in [0.3, 0.4) is 0 Å². The maximum absolute atomic E-state index is 12.3. The zero-order valence-corrected chi connectivity index (χ0v) is 10.6. The van der Waals surface area contributed by atoms with Gasteiger partial charge in [-0.2, -0.15) is 13.2 Å². The minimum absolute atomic E-state index is 0.0813. The summed E-state index contributed by atoms with van der Waals surface area (Å²) in [5.74, 6) is -0.584. The predicted molar refractivity (Wildman–Crippen MR) is 63.2 cm³/mol. The molecule has 1 heterocycles. The average Bonchev–Trinajstić information content (AvgIpc) is 2.61. The van der Waals surface area contributed by atoms with Gasteiger partial charge >= 0.3 is 6.18 Å². The van der Waals surface area contributed by atoms with Gasteiger partial charge in [-0.15, -0.1) is 11.3 Å². The van der Waals surface area contributed by atoms with Gasteiger partial charge in [-0.25, -0.2) is 4.98 Å². The zero-order chi connectivity index (χ0) is 13.8. The lowest BCUT2D eigenvalue weighted by atomic mass is 10.3. The van der Waals surface area contributed by atoms with Gasteiger partial charge in [-0.1, -0.05) is 6.92 Å². The third-order valence-corrected chi connectivity index (χ3v) is 2.84. The summed E-state index contributed by atoms with van der Waals surface area (Å²) in [6.45, 7) is 0.578. The summed E-state index contributed by atoms with van der Waals surface area (Å²) in [5.41, 5.74) is 5.80. The van der Waals surface area contributed by atoms with Crippen molar-refractivity contribution in [1.82, 2.24) is 9.88 Å². The third kappa shape index (κ3) is 4.91. The molecule has 0 radical (unpaired) electrons. The fourth-order valence-electron chi connectivity index (χ4n) is 1.45. The van der Waals surface area contributed by atoms with Crippen molar-refractivity contribution >= 4 is 22.4 Å². The molecule has 0 aliphatic rings. The summed E-state index contributed by atoms with van der Waals surface area (Å²) in [5, 5.41) is 1.88. The lowest BCUT2D eigenvalue weighted by Crippen LogP contribution is -2.40. The molecule has 2 N–H and O–H groups in total. The fourth-order valence-corrected chi connectivity index (χ4v) is 2.01. The molecule has 0 aliphatic carbocycles. The molecule has 8 heteroatoms. The normalized spacial score (nSPS) is 11.6. The van der Waals surface area contributed by atoms with E-state index in [1.54, 1.807) is 12.3 Å². The van der Waals surface area contributed by atoms with Crippen LogP contribution in [-0.2, 0) is 11.2 Å². The maximum Gasteiger partial charge on any atom is 0.406 e. The summed E-state index contributed by atoms with van der Waals surface area (Å²) >= 11 is 1.16. The molecule has 102 valence electrons. The number of rotatable bonds is 5. The van der Waals surface area contributed by atoms with Crippen LogP contribution in [0.15, 0.2) is 5.38 Å². The van der Waals surface area contributed by atoms with E-state index in [4.69, 9.17) is 5.73 Å². The molecule has 0 bridgehead atoms. The van der Waals surface area contributed by atoms with Crippen molar-refractivity contribution < 1.29 is 18.0 Å².